The number of hydrogen-bond donors (Lipinski definition) is 2. The van der Waals surface area contributed by atoms with Gasteiger partial charge in [0.15, 0.2) is 5.11 Å². The molecule has 2 aliphatic heterocycles. The van der Waals surface area contributed by atoms with E-state index in [1.54, 1.807) is 0 Å². The van der Waals surface area contributed by atoms with Crippen molar-refractivity contribution < 1.29 is 14.3 Å². The number of carbonyl (C=O) groups is 2. The van der Waals surface area contributed by atoms with Gasteiger partial charge in [0.25, 0.3) is 0 Å². The maximum Gasteiger partial charge on any atom is 0.230 e. The molecule has 0 radical (unpaired) electrons. The van der Waals surface area contributed by atoms with E-state index in [2.05, 4.69) is 10.6 Å². The smallest absolute Gasteiger partial charge is 0.230 e. The van der Waals surface area contributed by atoms with Crippen LogP contribution in [0.3, 0.4) is 0 Å². The van der Waals surface area contributed by atoms with Crippen LogP contribution in [-0.2, 0) is 14.3 Å². The van der Waals surface area contributed by atoms with Crippen molar-refractivity contribution in [2.75, 3.05) is 13.1 Å². The average molecular weight is 327 g/mol. The van der Waals surface area contributed by atoms with Gasteiger partial charge in [0.1, 0.15) is 0 Å². The van der Waals surface area contributed by atoms with Crippen molar-refractivity contribution >= 4 is 29.1 Å². The van der Waals surface area contributed by atoms with E-state index < -0.39 is 5.60 Å². The standard InChI is InChI=1S/C15H25N3O3S/c1-14(2)9-10(15(3,4)21-14)17-11(19)6-8-18-12(20)5-7-16-13(18)22/h10H,5-9H2,1-4H3,(H,16,22)(H,17,19)/t10-/m1/s1. The van der Waals surface area contributed by atoms with Crippen LogP contribution in [0.1, 0.15) is 47.0 Å². The Morgan fingerprint density at radius 1 is 1.45 bits per heavy atom. The van der Waals surface area contributed by atoms with Gasteiger partial charge in [-0.1, -0.05) is 0 Å². The number of amides is 2. The van der Waals surface area contributed by atoms with Crippen LogP contribution in [0.4, 0.5) is 0 Å². The first-order valence-corrected chi connectivity index (χ1v) is 8.09. The van der Waals surface area contributed by atoms with Gasteiger partial charge in [-0.2, -0.15) is 0 Å². The molecule has 2 N–H and O–H groups in total. The van der Waals surface area contributed by atoms with Crippen molar-refractivity contribution in [1.82, 2.24) is 15.5 Å². The Morgan fingerprint density at radius 3 is 2.68 bits per heavy atom. The van der Waals surface area contributed by atoms with Crippen LogP contribution in [-0.4, -0.2) is 52.2 Å². The van der Waals surface area contributed by atoms with Gasteiger partial charge in [0, 0.05) is 25.9 Å². The van der Waals surface area contributed by atoms with Crippen molar-refractivity contribution in [3.8, 4) is 0 Å². The number of nitrogens with one attached hydrogen (secondary N) is 2. The summed E-state index contributed by atoms with van der Waals surface area (Å²) in [5.41, 5.74) is -0.632. The lowest BCUT2D eigenvalue weighted by molar-refractivity contribution is -0.129. The molecule has 2 heterocycles. The van der Waals surface area contributed by atoms with Crippen molar-refractivity contribution in [3.05, 3.63) is 0 Å². The summed E-state index contributed by atoms with van der Waals surface area (Å²) in [5, 5.41) is 6.41. The summed E-state index contributed by atoms with van der Waals surface area (Å²) in [6.45, 7) is 8.91. The summed E-state index contributed by atoms with van der Waals surface area (Å²) in [7, 11) is 0. The lowest BCUT2D eigenvalue weighted by Crippen LogP contribution is -2.51. The summed E-state index contributed by atoms with van der Waals surface area (Å²) in [4.78, 5) is 25.5. The molecule has 2 amide bonds. The molecule has 0 saturated carbocycles. The molecule has 0 spiro atoms. The van der Waals surface area contributed by atoms with E-state index in [0.717, 1.165) is 6.42 Å². The highest BCUT2D eigenvalue weighted by Gasteiger charge is 2.46. The van der Waals surface area contributed by atoms with E-state index in [1.165, 1.54) is 4.90 Å². The topological polar surface area (TPSA) is 70.7 Å². The third kappa shape index (κ3) is 3.95. The summed E-state index contributed by atoms with van der Waals surface area (Å²) >= 11 is 5.11. The molecule has 2 fully saturated rings. The molecule has 0 aliphatic carbocycles. The molecule has 6 nitrogen and oxygen atoms in total. The average Bonchev–Trinajstić information content (AvgIpc) is 2.56. The Labute approximate surface area is 136 Å². The predicted octanol–water partition coefficient (Wildman–Crippen LogP) is 0.946. The quantitative estimate of drug-likeness (QED) is 0.752. The zero-order chi connectivity index (χ0) is 16.5. The summed E-state index contributed by atoms with van der Waals surface area (Å²) in [6, 6.07) is -0.0304. The molecular formula is C15H25N3O3S. The van der Waals surface area contributed by atoms with Crippen LogP contribution in [0, 0.1) is 0 Å². The van der Waals surface area contributed by atoms with E-state index in [0.29, 0.717) is 24.6 Å². The minimum absolute atomic E-state index is 0.0257. The molecule has 0 aromatic carbocycles. The second kappa shape index (κ2) is 6.12. The maximum atomic E-state index is 12.2. The third-order valence-corrected chi connectivity index (χ3v) is 4.50. The van der Waals surface area contributed by atoms with Gasteiger partial charge in [-0.25, -0.2) is 0 Å². The first-order valence-electron chi connectivity index (χ1n) is 7.68. The zero-order valence-corrected chi connectivity index (χ0v) is 14.5. The molecule has 2 rings (SSSR count). The fourth-order valence-corrected chi connectivity index (χ4v) is 3.41. The number of hydrogen-bond acceptors (Lipinski definition) is 4. The zero-order valence-electron chi connectivity index (χ0n) is 13.7. The van der Waals surface area contributed by atoms with E-state index in [4.69, 9.17) is 17.0 Å². The van der Waals surface area contributed by atoms with Crippen LogP contribution in [0.5, 0.6) is 0 Å². The molecule has 22 heavy (non-hydrogen) atoms. The lowest BCUT2D eigenvalue weighted by Gasteiger charge is -2.29. The van der Waals surface area contributed by atoms with Gasteiger partial charge in [0.2, 0.25) is 11.8 Å². The normalized spacial score (nSPS) is 26.7. The number of carbonyl (C=O) groups excluding carboxylic acids is 2. The van der Waals surface area contributed by atoms with Gasteiger partial charge in [-0.05, 0) is 46.3 Å². The highest BCUT2D eigenvalue weighted by Crippen LogP contribution is 2.37. The number of ether oxygens (including phenoxy) is 1. The fourth-order valence-electron chi connectivity index (χ4n) is 3.11. The molecule has 124 valence electrons. The van der Waals surface area contributed by atoms with Gasteiger partial charge in [-0.15, -0.1) is 0 Å². The number of thiocarbonyl (C=S) groups is 1. The Bertz CT molecular complexity index is 474. The largest absolute Gasteiger partial charge is 0.367 e. The minimum atomic E-state index is -0.392. The van der Waals surface area contributed by atoms with Crippen molar-refractivity contribution in [2.45, 2.75) is 64.2 Å². The van der Waals surface area contributed by atoms with E-state index in [9.17, 15) is 9.59 Å². The first kappa shape index (κ1) is 17.1. The summed E-state index contributed by atoms with van der Waals surface area (Å²) in [6.07, 6.45) is 1.42. The molecule has 2 saturated heterocycles. The van der Waals surface area contributed by atoms with Crippen LogP contribution < -0.4 is 10.6 Å². The monoisotopic (exact) mass is 327 g/mol. The third-order valence-electron chi connectivity index (χ3n) is 4.13. The Hall–Kier alpha value is -1.21. The molecule has 0 unspecified atom stereocenters. The van der Waals surface area contributed by atoms with E-state index in [1.807, 2.05) is 27.7 Å². The minimum Gasteiger partial charge on any atom is -0.367 e. The van der Waals surface area contributed by atoms with E-state index in [-0.39, 0.29) is 29.9 Å². The first-order chi connectivity index (χ1) is 10.1. The second-order valence-electron chi connectivity index (χ2n) is 7.07. The maximum absolute atomic E-state index is 12.2. The number of nitrogens with zero attached hydrogens (tertiary/aromatic N) is 1. The molecule has 2 aliphatic rings. The van der Waals surface area contributed by atoms with E-state index >= 15 is 0 Å². The van der Waals surface area contributed by atoms with Crippen LogP contribution >= 0.6 is 12.2 Å². The Kier molecular flexibility index (Phi) is 4.77. The van der Waals surface area contributed by atoms with Crippen molar-refractivity contribution in [1.29, 1.82) is 0 Å². The number of rotatable bonds is 4. The lowest BCUT2D eigenvalue weighted by atomic mass is 9.94. The SMILES string of the molecule is CC1(C)C[C@@H](NC(=O)CCN2C(=O)CCNC2=S)C(C)(C)O1. The highest BCUT2D eigenvalue weighted by atomic mass is 32.1. The highest BCUT2D eigenvalue weighted by molar-refractivity contribution is 7.80. The predicted molar refractivity (Wildman–Crippen MR) is 87.3 cm³/mol. The van der Waals surface area contributed by atoms with Crippen molar-refractivity contribution in [3.63, 3.8) is 0 Å². The molecule has 0 aromatic rings. The molecule has 0 aromatic heterocycles. The van der Waals surface area contributed by atoms with Crippen LogP contribution in [0.25, 0.3) is 0 Å². The molecule has 0 bridgehead atoms. The van der Waals surface area contributed by atoms with Gasteiger partial charge in [-0.3, -0.25) is 14.5 Å². The molecular weight excluding hydrogens is 302 g/mol. The van der Waals surface area contributed by atoms with Gasteiger partial charge in [0.05, 0.1) is 17.2 Å². The van der Waals surface area contributed by atoms with Crippen LogP contribution in [0.15, 0.2) is 0 Å². The van der Waals surface area contributed by atoms with Crippen molar-refractivity contribution in [2.24, 2.45) is 0 Å². The van der Waals surface area contributed by atoms with Crippen LogP contribution in [0.2, 0.25) is 0 Å². The second-order valence-corrected chi connectivity index (χ2v) is 7.45. The van der Waals surface area contributed by atoms with Gasteiger partial charge < -0.3 is 15.4 Å². The summed E-state index contributed by atoms with van der Waals surface area (Å²) in [5.74, 6) is -0.109. The Balaban J connectivity index is 1.86. The van der Waals surface area contributed by atoms with Gasteiger partial charge >= 0.3 is 0 Å². The fraction of sp³-hybridized carbons (Fsp3) is 0.800. The molecule has 1 atom stereocenters. The summed E-state index contributed by atoms with van der Waals surface area (Å²) < 4.78 is 5.97. The Morgan fingerprint density at radius 2 is 2.14 bits per heavy atom. The molecule has 7 heteroatoms.